The molecule has 0 atom stereocenters. The maximum Gasteiger partial charge on any atom is 0.254 e. The Hall–Kier alpha value is -3.09. The minimum absolute atomic E-state index is 0.0415. The molecule has 1 amide bonds. The molecule has 0 radical (unpaired) electrons. The first-order valence-corrected chi connectivity index (χ1v) is 8.94. The third-order valence-electron chi connectivity index (χ3n) is 4.55. The van der Waals surface area contributed by atoms with Crippen LogP contribution in [0.25, 0.3) is 11.0 Å². The number of fused-ring (bicyclic) bond motifs is 1. The van der Waals surface area contributed by atoms with Gasteiger partial charge >= 0.3 is 0 Å². The fraction of sp³-hybridized carbons (Fsp3) is 0.350. The molecule has 2 aromatic carbocycles. The molecule has 7 nitrogen and oxygen atoms in total. The highest BCUT2D eigenvalue weighted by Gasteiger charge is 2.17. The molecule has 0 N–H and O–H groups in total. The number of aromatic nitrogens is 3. The van der Waals surface area contributed by atoms with Gasteiger partial charge in [-0.1, -0.05) is 11.3 Å². The summed E-state index contributed by atoms with van der Waals surface area (Å²) in [4.78, 5) is 14.8. The zero-order valence-corrected chi connectivity index (χ0v) is 16.1. The van der Waals surface area contributed by atoms with Crippen LogP contribution in [0.15, 0.2) is 36.4 Å². The monoisotopic (exact) mass is 368 g/mol. The van der Waals surface area contributed by atoms with Crippen molar-refractivity contribution in [3.63, 3.8) is 0 Å². The van der Waals surface area contributed by atoms with Gasteiger partial charge < -0.3 is 14.4 Å². The van der Waals surface area contributed by atoms with E-state index >= 15 is 0 Å². The number of carbonyl (C=O) groups excluding carboxylic acids is 1. The van der Waals surface area contributed by atoms with E-state index in [4.69, 9.17) is 9.47 Å². The topological polar surface area (TPSA) is 69.5 Å². The summed E-state index contributed by atoms with van der Waals surface area (Å²) in [5, 5.41) is 8.25. The minimum Gasteiger partial charge on any atom is -0.493 e. The van der Waals surface area contributed by atoms with Crippen LogP contribution in [0.3, 0.4) is 0 Å². The minimum atomic E-state index is -0.0415. The molecule has 3 rings (SSSR count). The van der Waals surface area contributed by atoms with E-state index in [0.717, 1.165) is 23.1 Å². The third-order valence-corrected chi connectivity index (χ3v) is 4.55. The average Bonchev–Trinajstić information content (AvgIpc) is 3.13. The summed E-state index contributed by atoms with van der Waals surface area (Å²) in [7, 11) is 3.20. The first kappa shape index (κ1) is 18.7. The average molecular weight is 368 g/mol. The fourth-order valence-electron chi connectivity index (χ4n) is 3.05. The summed E-state index contributed by atoms with van der Waals surface area (Å²) < 4.78 is 12.4. The number of ether oxygens (including phenoxy) is 2. The van der Waals surface area contributed by atoms with Crippen molar-refractivity contribution in [3.05, 3.63) is 47.5 Å². The number of amides is 1. The molecule has 0 fully saturated rings. The largest absolute Gasteiger partial charge is 0.493 e. The highest BCUT2D eigenvalue weighted by Crippen LogP contribution is 2.28. The molecule has 7 heteroatoms. The molecule has 27 heavy (non-hydrogen) atoms. The van der Waals surface area contributed by atoms with Crippen LogP contribution in [0.5, 0.6) is 11.5 Å². The summed E-state index contributed by atoms with van der Waals surface area (Å²) in [5.41, 5.74) is 3.23. The molecule has 0 unspecified atom stereocenters. The van der Waals surface area contributed by atoms with Gasteiger partial charge in [-0.05, 0) is 49.7 Å². The fourth-order valence-corrected chi connectivity index (χ4v) is 3.05. The number of nitrogens with zero attached hydrogens (tertiary/aromatic N) is 4. The van der Waals surface area contributed by atoms with Gasteiger partial charge in [-0.2, -0.15) is 0 Å². The third kappa shape index (κ3) is 3.72. The quantitative estimate of drug-likeness (QED) is 0.641. The van der Waals surface area contributed by atoms with Crippen LogP contribution in [0.2, 0.25) is 0 Å². The summed E-state index contributed by atoms with van der Waals surface area (Å²) in [5.74, 6) is 1.27. The molecule has 1 aromatic heterocycles. The molecular weight excluding hydrogens is 344 g/mol. The van der Waals surface area contributed by atoms with Gasteiger partial charge in [0.25, 0.3) is 5.91 Å². The van der Waals surface area contributed by atoms with Gasteiger partial charge in [0.2, 0.25) is 0 Å². The molecule has 142 valence electrons. The van der Waals surface area contributed by atoms with Crippen molar-refractivity contribution in [2.75, 3.05) is 20.8 Å². The van der Waals surface area contributed by atoms with Gasteiger partial charge in [0, 0.05) is 25.2 Å². The van der Waals surface area contributed by atoms with Crippen molar-refractivity contribution in [2.24, 2.45) is 0 Å². The molecule has 0 spiro atoms. The second-order valence-electron chi connectivity index (χ2n) is 6.12. The Kier molecular flexibility index (Phi) is 5.59. The first-order valence-electron chi connectivity index (χ1n) is 8.94. The van der Waals surface area contributed by atoms with E-state index in [2.05, 4.69) is 10.3 Å². The second kappa shape index (κ2) is 8.07. The van der Waals surface area contributed by atoms with E-state index < -0.39 is 0 Å². The van der Waals surface area contributed by atoms with E-state index in [-0.39, 0.29) is 5.91 Å². The van der Waals surface area contributed by atoms with Gasteiger partial charge in [-0.15, -0.1) is 5.10 Å². The number of aryl methyl sites for hydroxylation is 1. The van der Waals surface area contributed by atoms with Crippen molar-refractivity contribution < 1.29 is 14.3 Å². The van der Waals surface area contributed by atoms with E-state index in [1.165, 1.54) is 0 Å². The summed E-state index contributed by atoms with van der Waals surface area (Å²) in [6.45, 7) is 5.78. The Morgan fingerprint density at radius 3 is 2.52 bits per heavy atom. The first-order chi connectivity index (χ1) is 13.1. The molecule has 0 aliphatic heterocycles. The predicted molar refractivity (Wildman–Crippen MR) is 103 cm³/mol. The summed E-state index contributed by atoms with van der Waals surface area (Å²) in [6.07, 6.45) is 0. The molecule has 0 saturated carbocycles. The van der Waals surface area contributed by atoms with Crippen molar-refractivity contribution in [3.8, 4) is 11.5 Å². The number of methoxy groups -OCH3 is 2. The lowest BCUT2D eigenvalue weighted by atomic mass is 10.1. The number of hydrogen-bond donors (Lipinski definition) is 0. The van der Waals surface area contributed by atoms with Crippen LogP contribution in [0, 0.1) is 0 Å². The van der Waals surface area contributed by atoms with Gasteiger partial charge in [-0.25, -0.2) is 4.68 Å². The highest BCUT2D eigenvalue weighted by molar-refractivity contribution is 5.97. The van der Waals surface area contributed by atoms with Crippen molar-refractivity contribution in [1.82, 2.24) is 19.9 Å². The van der Waals surface area contributed by atoms with Crippen LogP contribution in [0.1, 0.15) is 29.8 Å². The molecule has 3 aromatic rings. The number of hydrogen-bond acceptors (Lipinski definition) is 5. The van der Waals surface area contributed by atoms with E-state index in [1.54, 1.807) is 25.2 Å². The molecule has 0 aliphatic carbocycles. The smallest absolute Gasteiger partial charge is 0.254 e. The van der Waals surface area contributed by atoms with Crippen LogP contribution in [0.4, 0.5) is 0 Å². The van der Waals surface area contributed by atoms with E-state index in [1.807, 2.05) is 48.9 Å². The van der Waals surface area contributed by atoms with E-state index in [0.29, 0.717) is 30.2 Å². The van der Waals surface area contributed by atoms with Gasteiger partial charge in [0.05, 0.1) is 19.7 Å². The van der Waals surface area contributed by atoms with Crippen molar-refractivity contribution >= 4 is 16.9 Å². The van der Waals surface area contributed by atoms with Crippen LogP contribution < -0.4 is 9.47 Å². The predicted octanol–water partition coefficient (Wildman–Crippen LogP) is 3.13. The van der Waals surface area contributed by atoms with Crippen molar-refractivity contribution in [1.29, 1.82) is 0 Å². The summed E-state index contributed by atoms with van der Waals surface area (Å²) in [6, 6.07) is 11.2. The maximum atomic E-state index is 13.0. The number of benzene rings is 2. The molecule has 0 saturated heterocycles. The Balaban J connectivity index is 1.84. The standard InChI is InChI=1S/C20H24N4O3/c1-5-23(13-14-7-10-18(26-3)19(11-14)27-4)20(25)15-8-9-17-16(12-15)21-22-24(17)6-2/h7-12H,5-6,13H2,1-4H3. The van der Waals surface area contributed by atoms with E-state index in [9.17, 15) is 4.79 Å². The lowest BCUT2D eigenvalue weighted by Crippen LogP contribution is -2.30. The number of carbonyl (C=O) groups is 1. The van der Waals surface area contributed by atoms with Gasteiger partial charge in [-0.3, -0.25) is 4.79 Å². The maximum absolute atomic E-state index is 13.0. The molecule has 0 aliphatic rings. The molecule has 0 bridgehead atoms. The zero-order chi connectivity index (χ0) is 19.4. The lowest BCUT2D eigenvalue weighted by molar-refractivity contribution is 0.0752. The Morgan fingerprint density at radius 1 is 1.07 bits per heavy atom. The number of rotatable bonds is 7. The van der Waals surface area contributed by atoms with Crippen LogP contribution in [-0.4, -0.2) is 46.6 Å². The second-order valence-corrected chi connectivity index (χ2v) is 6.12. The Morgan fingerprint density at radius 2 is 1.85 bits per heavy atom. The van der Waals surface area contributed by atoms with Crippen LogP contribution >= 0.6 is 0 Å². The Labute approximate surface area is 158 Å². The summed E-state index contributed by atoms with van der Waals surface area (Å²) >= 11 is 0. The zero-order valence-electron chi connectivity index (χ0n) is 16.1. The normalized spacial score (nSPS) is 10.8. The molecule has 1 heterocycles. The molecular formula is C20H24N4O3. The Bertz CT molecular complexity index is 952. The van der Waals surface area contributed by atoms with Gasteiger partial charge in [0.15, 0.2) is 11.5 Å². The van der Waals surface area contributed by atoms with Gasteiger partial charge in [0.1, 0.15) is 5.52 Å². The lowest BCUT2D eigenvalue weighted by Gasteiger charge is -2.21. The van der Waals surface area contributed by atoms with Crippen molar-refractivity contribution in [2.45, 2.75) is 26.9 Å². The SMILES string of the molecule is CCN(Cc1ccc(OC)c(OC)c1)C(=O)c1ccc2c(c1)nnn2CC. The van der Waals surface area contributed by atoms with Crippen LogP contribution in [-0.2, 0) is 13.1 Å². The highest BCUT2D eigenvalue weighted by atomic mass is 16.5.